The van der Waals surface area contributed by atoms with Crippen molar-refractivity contribution in [3.8, 4) is 5.88 Å². The average molecular weight is 364 g/mol. The average Bonchev–Trinajstić information content (AvgIpc) is 2.92. The van der Waals surface area contributed by atoms with Crippen LogP contribution in [0.1, 0.15) is 11.3 Å². The van der Waals surface area contributed by atoms with E-state index in [2.05, 4.69) is 14.8 Å². The van der Waals surface area contributed by atoms with E-state index in [9.17, 15) is 22.0 Å². The monoisotopic (exact) mass is 363 g/mol. The third kappa shape index (κ3) is 3.83. The number of ether oxygens (including phenoxy) is 1. The molecule has 0 atom stereocenters. The number of rotatable bonds is 5. The van der Waals surface area contributed by atoms with Gasteiger partial charge in [0.05, 0.1) is 11.8 Å². The number of oxazole rings is 1. The maximum Gasteiger partial charge on any atom is 0.435 e. The summed E-state index contributed by atoms with van der Waals surface area (Å²) < 4.78 is 73.1. The Morgan fingerprint density at radius 1 is 1.45 bits per heavy atom. The molecule has 5 nitrogen and oxygen atoms in total. The number of nitrogens with zero attached hydrogens (tertiary/aromatic N) is 3. The van der Waals surface area contributed by atoms with E-state index in [1.165, 1.54) is 0 Å². The molecule has 0 spiro atoms. The molecule has 0 bridgehead atoms. The van der Waals surface area contributed by atoms with E-state index < -0.39 is 29.9 Å². The summed E-state index contributed by atoms with van der Waals surface area (Å²) in [6.45, 7) is -3.28. The Kier molecular flexibility index (Phi) is 4.85. The maximum absolute atomic E-state index is 12.9. The lowest BCUT2D eigenvalue weighted by molar-refractivity contribution is -0.142. The van der Waals surface area contributed by atoms with Crippen molar-refractivity contribution in [1.82, 2.24) is 14.8 Å². The second kappa shape index (κ2) is 6.32. The second-order valence-corrected chi connectivity index (χ2v) is 5.15. The molecule has 2 rings (SSSR count). The van der Waals surface area contributed by atoms with E-state index in [0.717, 1.165) is 25.0 Å². The normalized spacial score (nSPS) is 12.2. The first kappa shape index (κ1) is 16.9. The lowest BCUT2D eigenvalue weighted by Gasteiger charge is -2.08. The van der Waals surface area contributed by atoms with Crippen molar-refractivity contribution in [3.05, 3.63) is 22.7 Å². The third-order valence-electron chi connectivity index (χ3n) is 2.35. The molecule has 122 valence electrons. The number of aryl methyl sites for hydroxylation is 1. The molecule has 12 heteroatoms. The van der Waals surface area contributed by atoms with Crippen LogP contribution in [0.3, 0.4) is 0 Å². The molecule has 0 fully saturated rings. The zero-order chi connectivity index (χ0) is 16.5. The van der Waals surface area contributed by atoms with E-state index in [0.29, 0.717) is 4.68 Å². The summed E-state index contributed by atoms with van der Waals surface area (Å²) in [4.78, 5) is 3.69. The molecule has 0 N–H and O–H groups in total. The van der Waals surface area contributed by atoms with Crippen LogP contribution in [0.25, 0.3) is 0 Å². The van der Waals surface area contributed by atoms with Crippen LogP contribution in [0.5, 0.6) is 5.88 Å². The number of aromatic nitrogens is 3. The van der Waals surface area contributed by atoms with Gasteiger partial charge < -0.3 is 9.15 Å². The van der Waals surface area contributed by atoms with Gasteiger partial charge >= 0.3 is 12.8 Å². The Labute approximate surface area is 129 Å². The number of alkyl halides is 5. The lowest BCUT2D eigenvalue weighted by atomic mass is 10.2. The number of thioether (sulfide) groups is 1. The minimum absolute atomic E-state index is 0.00928. The van der Waals surface area contributed by atoms with Gasteiger partial charge in [0.15, 0.2) is 5.69 Å². The first-order valence-corrected chi connectivity index (χ1v) is 6.87. The molecule has 0 aliphatic carbocycles. The highest BCUT2D eigenvalue weighted by Crippen LogP contribution is 2.39. The Bertz CT molecular complexity index is 658. The Morgan fingerprint density at radius 2 is 2.14 bits per heavy atom. The highest BCUT2D eigenvalue weighted by molar-refractivity contribution is 7.98. The fourth-order valence-electron chi connectivity index (χ4n) is 1.58. The van der Waals surface area contributed by atoms with E-state index in [-0.39, 0.29) is 16.2 Å². The van der Waals surface area contributed by atoms with Crippen molar-refractivity contribution >= 4 is 23.4 Å². The summed E-state index contributed by atoms with van der Waals surface area (Å²) in [5, 5.41) is 3.14. The second-order valence-electron chi connectivity index (χ2n) is 3.85. The fraction of sp³-hybridized carbons (Fsp3) is 0.400. The molecule has 0 amide bonds. The summed E-state index contributed by atoms with van der Waals surface area (Å²) in [5.74, 6) is -1.06. The van der Waals surface area contributed by atoms with Crippen molar-refractivity contribution < 1.29 is 31.1 Å². The van der Waals surface area contributed by atoms with Gasteiger partial charge in [-0.05, 0) is 11.6 Å². The van der Waals surface area contributed by atoms with Crippen molar-refractivity contribution in [2.24, 2.45) is 7.05 Å². The Hall–Kier alpha value is -1.49. The van der Waals surface area contributed by atoms with E-state index >= 15 is 0 Å². The zero-order valence-corrected chi connectivity index (χ0v) is 12.3. The van der Waals surface area contributed by atoms with Crippen LogP contribution < -0.4 is 4.74 Å². The van der Waals surface area contributed by atoms with Gasteiger partial charge in [0, 0.05) is 12.8 Å². The van der Waals surface area contributed by atoms with Crippen LogP contribution in [-0.4, -0.2) is 21.4 Å². The van der Waals surface area contributed by atoms with Crippen LogP contribution in [0, 0.1) is 0 Å². The first-order valence-electron chi connectivity index (χ1n) is 5.50. The smallest absolute Gasteiger partial charge is 0.420 e. The molecular weight excluding hydrogens is 357 g/mol. The molecule has 2 aromatic heterocycles. The van der Waals surface area contributed by atoms with Gasteiger partial charge in [-0.2, -0.15) is 27.1 Å². The van der Waals surface area contributed by atoms with Crippen LogP contribution in [-0.2, 0) is 19.0 Å². The highest BCUT2D eigenvalue weighted by atomic mass is 35.5. The molecule has 22 heavy (non-hydrogen) atoms. The molecule has 2 heterocycles. The molecule has 0 saturated carbocycles. The molecule has 0 aliphatic rings. The molecule has 0 saturated heterocycles. The van der Waals surface area contributed by atoms with E-state index in [4.69, 9.17) is 16.0 Å². The summed E-state index contributed by atoms with van der Waals surface area (Å²) in [6, 6.07) is 0. The zero-order valence-electron chi connectivity index (χ0n) is 10.7. The predicted molar refractivity (Wildman–Crippen MR) is 65.9 cm³/mol. The molecule has 2 aromatic rings. The quantitative estimate of drug-likeness (QED) is 0.594. The van der Waals surface area contributed by atoms with Crippen LogP contribution >= 0.6 is 23.4 Å². The van der Waals surface area contributed by atoms with Crippen molar-refractivity contribution in [1.29, 1.82) is 0 Å². The number of hydrogen-bond donors (Lipinski definition) is 0. The van der Waals surface area contributed by atoms with Gasteiger partial charge in [0.2, 0.25) is 11.1 Å². The predicted octanol–water partition coefficient (Wildman–Crippen LogP) is 3.97. The Balaban J connectivity index is 2.32. The molecule has 0 unspecified atom stereocenters. The van der Waals surface area contributed by atoms with Gasteiger partial charge in [-0.3, -0.25) is 0 Å². The van der Waals surface area contributed by atoms with Gasteiger partial charge in [0.1, 0.15) is 0 Å². The van der Waals surface area contributed by atoms with Crippen molar-refractivity contribution in [3.63, 3.8) is 0 Å². The van der Waals surface area contributed by atoms with Crippen molar-refractivity contribution in [2.45, 2.75) is 23.8 Å². The minimum Gasteiger partial charge on any atom is -0.420 e. The van der Waals surface area contributed by atoms with Crippen LogP contribution in [0.2, 0.25) is 5.22 Å². The van der Waals surface area contributed by atoms with Gasteiger partial charge in [-0.25, -0.2) is 9.67 Å². The maximum atomic E-state index is 12.9. The lowest BCUT2D eigenvalue weighted by Crippen LogP contribution is -2.09. The number of hydrogen-bond acceptors (Lipinski definition) is 5. The number of halogens is 6. The van der Waals surface area contributed by atoms with Crippen LogP contribution in [0.4, 0.5) is 22.0 Å². The SMILES string of the molecule is Cn1nc(C(F)(F)F)c(CSc2ncc(Cl)o2)c1OC(F)F. The standard InChI is InChI=1S/C10H7ClF5N3O2S/c1-19-7(21-8(12)13)4(6(18-19)10(14,15)16)3-22-9-17-2-5(11)20-9/h2,8H,3H2,1H3. The third-order valence-corrected chi connectivity index (χ3v) is 3.40. The van der Waals surface area contributed by atoms with Gasteiger partial charge in [-0.1, -0.05) is 11.8 Å². The minimum atomic E-state index is -4.81. The Morgan fingerprint density at radius 3 is 2.64 bits per heavy atom. The fourth-order valence-corrected chi connectivity index (χ4v) is 2.55. The molecule has 0 aliphatic heterocycles. The van der Waals surface area contributed by atoms with Crippen molar-refractivity contribution in [2.75, 3.05) is 0 Å². The first-order chi connectivity index (χ1) is 10.2. The summed E-state index contributed by atoms with van der Waals surface area (Å²) in [7, 11) is 1.07. The summed E-state index contributed by atoms with van der Waals surface area (Å²) in [5.41, 5.74) is -1.84. The van der Waals surface area contributed by atoms with E-state index in [1.54, 1.807) is 0 Å². The molecular formula is C10H7ClF5N3O2S. The topological polar surface area (TPSA) is 53.1 Å². The highest BCUT2D eigenvalue weighted by Gasteiger charge is 2.40. The summed E-state index contributed by atoms with van der Waals surface area (Å²) in [6.07, 6.45) is -3.65. The molecule has 0 aromatic carbocycles. The largest absolute Gasteiger partial charge is 0.435 e. The molecule has 0 radical (unpaired) electrons. The van der Waals surface area contributed by atoms with E-state index in [1.807, 2.05) is 0 Å². The summed E-state index contributed by atoms with van der Waals surface area (Å²) >= 11 is 6.23. The van der Waals surface area contributed by atoms with Gasteiger partial charge in [0.25, 0.3) is 5.22 Å². The van der Waals surface area contributed by atoms with Gasteiger partial charge in [-0.15, -0.1) is 0 Å². The van der Waals surface area contributed by atoms with Crippen LogP contribution in [0.15, 0.2) is 15.8 Å².